The molecule has 1 aromatic heterocycles. The average Bonchev–Trinajstić information content (AvgIpc) is 2.47. The summed E-state index contributed by atoms with van der Waals surface area (Å²) in [6.07, 6.45) is 1.52. The highest BCUT2D eigenvalue weighted by atomic mass is 32.2. The van der Waals surface area contributed by atoms with Gasteiger partial charge in [-0.15, -0.1) is 0 Å². The molecule has 0 fully saturated rings. The fourth-order valence-electron chi connectivity index (χ4n) is 2.10. The van der Waals surface area contributed by atoms with E-state index in [9.17, 15) is 8.42 Å². The van der Waals surface area contributed by atoms with Crippen LogP contribution in [-0.2, 0) is 10.0 Å². The van der Waals surface area contributed by atoms with E-state index in [0.717, 1.165) is 0 Å². The molecule has 0 saturated carbocycles. The highest BCUT2D eigenvalue weighted by Crippen LogP contribution is 2.21. The Bertz CT molecular complexity index is 793. The Labute approximate surface area is 149 Å². The Morgan fingerprint density at radius 1 is 1.04 bits per heavy atom. The van der Waals surface area contributed by atoms with E-state index in [-0.39, 0.29) is 16.5 Å². The summed E-state index contributed by atoms with van der Waals surface area (Å²) in [7, 11) is -3.67. The predicted octanol–water partition coefficient (Wildman–Crippen LogP) is 3.88. The number of ether oxygens (including phenoxy) is 1. The summed E-state index contributed by atoms with van der Waals surface area (Å²) >= 11 is 0. The number of anilines is 2. The van der Waals surface area contributed by atoms with Gasteiger partial charge in [-0.05, 0) is 71.0 Å². The van der Waals surface area contributed by atoms with Crippen LogP contribution in [0.2, 0.25) is 0 Å². The van der Waals surface area contributed by atoms with Crippen molar-refractivity contribution in [1.29, 1.82) is 0 Å². The lowest BCUT2D eigenvalue weighted by molar-refractivity contribution is 0.242. The van der Waals surface area contributed by atoms with Gasteiger partial charge in [-0.3, -0.25) is 4.72 Å². The number of pyridine rings is 1. The molecule has 0 aliphatic rings. The van der Waals surface area contributed by atoms with Crippen molar-refractivity contribution in [2.45, 2.75) is 51.2 Å². The third-order valence-electron chi connectivity index (χ3n) is 3.02. The summed E-state index contributed by atoms with van der Waals surface area (Å²) < 4.78 is 33.0. The van der Waals surface area contributed by atoms with E-state index >= 15 is 0 Å². The van der Waals surface area contributed by atoms with Crippen molar-refractivity contribution in [2.75, 3.05) is 10.0 Å². The van der Waals surface area contributed by atoms with Gasteiger partial charge in [-0.2, -0.15) is 0 Å². The number of benzene rings is 1. The monoisotopic (exact) mass is 363 g/mol. The summed E-state index contributed by atoms with van der Waals surface area (Å²) in [6.45, 7) is 9.91. The average molecular weight is 363 g/mol. The van der Waals surface area contributed by atoms with Crippen molar-refractivity contribution in [2.24, 2.45) is 0 Å². The molecule has 0 amide bonds. The third kappa shape index (κ3) is 5.94. The minimum Gasteiger partial charge on any atom is -0.491 e. The van der Waals surface area contributed by atoms with Crippen LogP contribution in [0.1, 0.15) is 34.6 Å². The molecule has 0 radical (unpaired) electrons. The standard InChI is InChI=1S/C18H25N3O3S/c1-13(2)24-15-7-9-16(10-8-15)25(22,23)21-14-6-11-17(19-12-14)20-18(3,4)5/h6-13,21H,1-5H3,(H,19,20). The van der Waals surface area contributed by atoms with Crippen LogP contribution in [0.5, 0.6) is 5.75 Å². The molecule has 2 N–H and O–H groups in total. The van der Waals surface area contributed by atoms with Gasteiger partial charge in [-0.1, -0.05) is 0 Å². The first-order valence-corrected chi connectivity index (χ1v) is 9.57. The summed E-state index contributed by atoms with van der Waals surface area (Å²) in [5.41, 5.74) is 0.287. The zero-order valence-electron chi connectivity index (χ0n) is 15.2. The molecular formula is C18H25N3O3S. The fraction of sp³-hybridized carbons (Fsp3) is 0.389. The Balaban J connectivity index is 2.10. The van der Waals surface area contributed by atoms with E-state index in [4.69, 9.17) is 4.74 Å². The Morgan fingerprint density at radius 3 is 2.16 bits per heavy atom. The molecule has 6 nitrogen and oxygen atoms in total. The van der Waals surface area contributed by atoms with Crippen molar-refractivity contribution in [3.63, 3.8) is 0 Å². The van der Waals surface area contributed by atoms with Crippen LogP contribution in [0.15, 0.2) is 47.5 Å². The summed E-state index contributed by atoms with van der Waals surface area (Å²) in [5.74, 6) is 1.32. The molecule has 2 rings (SSSR count). The van der Waals surface area contributed by atoms with Gasteiger partial charge in [0.25, 0.3) is 10.0 Å². The van der Waals surface area contributed by atoms with Gasteiger partial charge in [0, 0.05) is 5.54 Å². The highest BCUT2D eigenvalue weighted by Gasteiger charge is 2.15. The molecule has 0 aliphatic carbocycles. The number of hydrogen-bond donors (Lipinski definition) is 2. The topological polar surface area (TPSA) is 80.3 Å². The second kappa shape index (κ2) is 7.31. The number of hydrogen-bond acceptors (Lipinski definition) is 5. The second-order valence-electron chi connectivity index (χ2n) is 7.05. The van der Waals surface area contributed by atoms with Crippen LogP contribution in [0.4, 0.5) is 11.5 Å². The quantitative estimate of drug-likeness (QED) is 0.814. The fourth-order valence-corrected chi connectivity index (χ4v) is 3.14. The maximum atomic E-state index is 12.5. The normalized spacial score (nSPS) is 12.1. The van der Waals surface area contributed by atoms with Gasteiger partial charge >= 0.3 is 0 Å². The van der Waals surface area contributed by atoms with Crippen molar-refractivity contribution in [3.05, 3.63) is 42.6 Å². The first-order valence-electron chi connectivity index (χ1n) is 8.09. The molecule has 0 unspecified atom stereocenters. The SMILES string of the molecule is CC(C)Oc1ccc(S(=O)(=O)Nc2ccc(NC(C)(C)C)nc2)cc1. The zero-order valence-corrected chi connectivity index (χ0v) is 16.0. The maximum Gasteiger partial charge on any atom is 0.261 e. The first-order chi connectivity index (χ1) is 11.5. The lowest BCUT2D eigenvalue weighted by atomic mass is 10.1. The summed E-state index contributed by atoms with van der Waals surface area (Å²) in [4.78, 5) is 4.40. The Hall–Kier alpha value is -2.28. The van der Waals surface area contributed by atoms with Gasteiger partial charge in [0.05, 0.1) is 22.9 Å². The van der Waals surface area contributed by atoms with Crippen LogP contribution in [0.25, 0.3) is 0 Å². The van der Waals surface area contributed by atoms with Gasteiger partial charge in [0.1, 0.15) is 11.6 Å². The van der Waals surface area contributed by atoms with Gasteiger partial charge in [-0.25, -0.2) is 13.4 Å². The molecule has 0 atom stereocenters. The molecule has 25 heavy (non-hydrogen) atoms. The van der Waals surface area contributed by atoms with Crippen LogP contribution in [0.3, 0.4) is 0 Å². The van der Waals surface area contributed by atoms with E-state index in [1.165, 1.54) is 18.3 Å². The van der Waals surface area contributed by atoms with E-state index in [2.05, 4.69) is 15.0 Å². The van der Waals surface area contributed by atoms with E-state index in [1.54, 1.807) is 24.3 Å². The van der Waals surface area contributed by atoms with Crippen molar-refractivity contribution in [3.8, 4) is 5.75 Å². The van der Waals surface area contributed by atoms with E-state index < -0.39 is 10.0 Å². The lowest BCUT2D eigenvalue weighted by Gasteiger charge is -2.21. The minimum atomic E-state index is -3.67. The van der Waals surface area contributed by atoms with Crippen molar-refractivity contribution < 1.29 is 13.2 Å². The van der Waals surface area contributed by atoms with Crippen LogP contribution in [0, 0.1) is 0 Å². The lowest BCUT2D eigenvalue weighted by Crippen LogP contribution is -2.26. The number of aromatic nitrogens is 1. The van der Waals surface area contributed by atoms with Gasteiger partial charge in [0.15, 0.2) is 0 Å². The second-order valence-corrected chi connectivity index (χ2v) is 8.73. The predicted molar refractivity (Wildman–Crippen MR) is 101 cm³/mol. The summed E-state index contributed by atoms with van der Waals surface area (Å²) in [5, 5.41) is 3.22. The van der Waals surface area contributed by atoms with Gasteiger partial charge in [0.2, 0.25) is 0 Å². The molecule has 0 bridgehead atoms. The molecule has 1 heterocycles. The smallest absolute Gasteiger partial charge is 0.261 e. The molecule has 136 valence electrons. The first kappa shape index (κ1) is 19.1. The van der Waals surface area contributed by atoms with Crippen LogP contribution < -0.4 is 14.8 Å². The zero-order chi connectivity index (χ0) is 18.7. The van der Waals surface area contributed by atoms with E-state index in [1.807, 2.05) is 34.6 Å². The largest absolute Gasteiger partial charge is 0.491 e. The number of nitrogens with one attached hydrogen (secondary N) is 2. The molecule has 7 heteroatoms. The highest BCUT2D eigenvalue weighted by molar-refractivity contribution is 7.92. The van der Waals surface area contributed by atoms with Crippen molar-refractivity contribution in [1.82, 2.24) is 4.98 Å². The maximum absolute atomic E-state index is 12.5. The molecule has 1 aromatic carbocycles. The van der Waals surface area contributed by atoms with E-state index in [0.29, 0.717) is 17.3 Å². The molecule has 0 spiro atoms. The molecule has 0 saturated heterocycles. The number of nitrogens with zero attached hydrogens (tertiary/aromatic N) is 1. The minimum absolute atomic E-state index is 0.0341. The van der Waals surface area contributed by atoms with Crippen molar-refractivity contribution >= 4 is 21.5 Å². The van der Waals surface area contributed by atoms with Gasteiger partial charge < -0.3 is 10.1 Å². The number of rotatable bonds is 6. The number of sulfonamides is 1. The Kier molecular flexibility index (Phi) is 5.57. The molecule has 0 aliphatic heterocycles. The Morgan fingerprint density at radius 2 is 1.68 bits per heavy atom. The van der Waals surface area contributed by atoms with Crippen LogP contribution in [-0.4, -0.2) is 25.0 Å². The third-order valence-corrected chi connectivity index (χ3v) is 4.42. The van der Waals surface area contributed by atoms with Crippen LogP contribution >= 0.6 is 0 Å². The molecule has 2 aromatic rings. The summed E-state index contributed by atoms with van der Waals surface area (Å²) in [6, 6.07) is 9.73. The molecular weight excluding hydrogens is 338 g/mol.